The zero-order valence-corrected chi connectivity index (χ0v) is 11.2. The van der Waals surface area contributed by atoms with Crippen LogP contribution in [0.2, 0.25) is 0 Å². The van der Waals surface area contributed by atoms with Gasteiger partial charge in [-0.2, -0.15) is 0 Å². The van der Waals surface area contributed by atoms with Crippen molar-refractivity contribution in [3.05, 3.63) is 46.9 Å². The Hall–Kier alpha value is -3.03. The topological polar surface area (TPSA) is 106 Å². The number of nitrogens with zero attached hydrogens (tertiary/aromatic N) is 4. The number of pyridine rings is 1. The largest absolute Gasteiger partial charge is 0.480 e. The van der Waals surface area contributed by atoms with Crippen LogP contribution < -0.4 is 15.6 Å². The highest BCUT2D eigenvalue weighted by Gasteiger charge is 2.04. The molecule has 3 rings (SSSR count). The van der Waals surface area contributed by atoms with Crippen LogP contribution >= 0.6 is 0 Å². The third-order valence-corrected chi connectivity index (χ3v) is 2.81. The third kappa shape index (κ3) is 2.78. The highest BCUT2D eigenvalue weighted by molar-refractivity contribution is 5.74. The number of ether oxygens (including phenoxy) is 1. The summed E-state index contributed by atoms with van der Waals surface area (Å²) in [4.78, 5) is 30.7. The zero-order valence-electron chi connectivity index (χ0n) is 11.2. The molecule has 0 atom stereocenters. The number of nitrogens with one attached hydrogen (secondary N) is 2. The van der Waals surface area contributed by atoms with Crippen molar-refractivity contribution in [2.24, 2.45) is 0 Å². The number of methoxy groups -OCH3 is 1. The number of rotatable bonds is 4. The molecule has 0 aliphatic rings. The summed E-state index contributed by atoms with van der Waals surface area (Å²) in [6, 6.07) is 3.49. The van der Waals surface area contributed by atoms with Crippen LogP contribution in [-0.4, -0.2) is 32.0 Å². The molecule has 0 aliphatic heterocycles. The third-order valence-electron chi connectivity index (χ3n) is 2.81. The van der Waals surface area contributed by atoms with E-state index in [1.165, 1.54) is 19.6 Å². The summed E-state index contributed by atoms with van der Waals surface area (Å²) in [5.74, 6) is 1.01. The van der Waals surface area contributed by atoms with Gasteiger partial charge in [0.2, 0.25) is 5.88 Å². The number of anilines is 1. The summed E-state index contributed by atoms with van der Waals surface area (Å²) < 4.78 is 5.01. The molecule has 3 aromatic heterocycles. The molecule has 0 aliphatic carbocycles. The quantitative estimate of drug-likeness (QED) is 0.727. The fraction of sp³-hybridized carbons (Fsp3) is 0.154. The number of H-pyrrole nitrogens is 1. The van der Waals surface area contributed by atoms with Gasteiger partial charge in [0.05, 0.1) is 43.6 Å². The molecule has 0 bridgehead atoms. The second-order valence-corrected chi connectivity index (χ2v) is 4.20. The molecule has 8 nitrogen and oxygen atoms in total. The number of aromatic amines is 1. The molecule has 2 N–H and O–H groups in total. The first-order chi connectivity index (χ1) is 10.3. The number of aromatic nitrogens is 5. The monoisotopic (exact) mass is 284 g/mol. The van der Waals surface area contributed by atoms with Crippen LogP contribution in [0.1, 0.15) is 5.69 Å². The minimum Gasteiger partial charge on any atom is -0.480 e. The molecule has 106 valence electrons. The average Bonchev–Trinajstić information content (AvgIpc) is 2.54. The van der Waals surface area contributed by atoms with Crippen LogP contribution in [0.3, 0.4) is 0 Å². The van der Waals surface area contributed by atoms with Gasteiger partial charge in [-0.15, -0.1) is 0 Å². The Balaban J connectivity index is 1.81. The van der Waals surface area contributed by atoms with Crippen LogP contribution in [-0.2, 0) is 6.54 Å². The van der Waals surface area contributed by atoms with Gasteiger partial charge in [-0.3, -0.25) is 9.78 Å². The molecule has 21 heavy (non-hydrogen) atoms. The van der Waals surface area contributed by atoms with Crippen molar-refractivity contribution in [1.29, 1.82) is 0 Å². The summed E-state index contributed by atoms with van der Waals surface area (Å²) in [6.45, 7) is 0.418. The molecule has 0 fully saturated rings. The van der Waals surface area contributed by atoms with Crippen LogP contribution in [0.5, 0.6) is 5.88 Å². The van der Waals surface area contributed by atoms with E-state index in [0.717, 1.165) is 0 Å². The maximum atomic E-state index is 11.7. The molecule has 3 heterocycles. The van der Waals surface area contributed by atoms with Gasteiger partial charge < -0.3 is 15.0 Å². The molecular formula is C13H12N6O2. The van der Waals surface area contributed by atoms with Crippen molar-refractivity contribution in [1.82, 2.24) is 24.9 Å². The molecule has 0 saturated carbocycles. The molecule has 0 unspecified atom stereocenters. The van der Waals surface area contributed by atoms with Crippen molar-refractivity contribution in [2.45, 2.75) is 6.54 Å². The highest BCUT2D eigenvalue weighted by atomic mass is 16.5. The van der Waals surface area contributed by atoms with Crippen molar-refractivity contribution < 1.29 is 4.74 Å². The normalized spacial score (nSPS) is 10.5. The Morgan fingerprint density at radius 3 is 3.05 bits per heavy atom. The van der Waals surface area contributed by atoms with Crippen molar-refractivity contribution >= 4 is 16.9 Å². The van der Waals surface area contributed by atoms with E-state index >= 15 is 0 Å². The van der Waals surface area contributed by atoms with Crippen LogP contribution in [0.4, 0.5) is 5.82 Å². The maximum absolute atomic E-state index is 11.7. The molecule has 0 spiro atoms. The molecular weight excluding hydrogens is 272 g/mol. The van der Waals surface area contributed by atoms with Crippen molar-refractivity contribution in [2.75, 3.05) is 12.4 Å². The van der Waals surface area contributed by atoms with Gasteiger partial charge in [0, 0.05) is 0 Å². The fourth-order valence-corrected chi connectivity index (χ4v) is 1.80. The molecule has 3 aromatic rings. The Bertz CT molecular complexity index is 832. The smallest absolute Gasteiger partial charge is 0.277 e. The van der Waals surface area contributed by atoms with E-state index in [1.54, 1.807) is 18.3 Å². The summed E-state index contributed by atoms with van der Waals surface area (Å²) in [6.07, 6.45) is 4.51. The number of hydrogen-bond acceptors (Lipinski definition) is 7. The van der Waals surface area contributed by atoms with E-state index in [4.69, 9.17) is 4.74 Å². The van der Waals surface area contributed by atoms with E-state index in [0.29, 0.717) is 35.0 Å². The SMILES string of the molecule is COc1cncc(CNc2ccc3nc[nH]c(=O)c3n2)n1. The Morgan fingerprint density at radius 1 is 1.29 bits per heavy atom. The summed E-state index contributed by atoms with van der Waals surface area (Å²) in [7, 11) is 1.53. The fourth-order valence-electron chi connectivity index (χ4n) is 1.80. The number of hydrogen-bond donors (Lipinski definition) is 2. The van der Waals surface area contributed by atoms with Crippen LogP contribution in [0, 0.1) is 0 Å². The lowest BCUT2D eigenvalue weighted by atomic mass is 10.3. The first kappa shape index (κ1) is 13.0. The Morgan fingerprint density at radius 2 is 2.19 bits per heavy atom. The highest BCUT2D eigenvalue weighted by Crippen LogP contribution is 2.10. The second-order valence-electron chi connectivity index (χ2n) is 4.20. The maximum Gasteiger partial charge on any atom is 0.277 e. The number of fused-ring (bicyclic) bond motifs is 1. The average molecular weight is 284 g/mol. The molecule has 0 aromatic carbocycles. The zero-order chi connectivity index (χ0) is 14.7. The predicted molar refractivity (Wildman–Crippen MR) is 76.1 cm³/mol. The standard InChI is InChI=1S/C13H12N6O2/c1-21-11-6-14-4-8(18-11)5-15-10-3-2-9-12(19-10)13(20)17-7-16-9/h2-4,6-7H,5H2,1H3,(H,15,19)(H,16,17,20). The van der Waals surface area contributed by atoms with E-state index < -0.39 is 0 Å². The Kier molecular flexibility index (Phi) is 3.42. The minimum absolute atomic E-state index is 0.273. The lowest BCUT2D eigenvalue weighted by Crippen LogP contribution is -2.10. The van der Waals surface area contributed by atoms with E-state index in [9.17, 15) is 4.79 Å². The van der Waals surface area contributed by atoms with E-state index in [2.05, 4.69) is 30.2 Å². The van der Waals surface area contributed by atoms with Gasteiger partial charge in [0.1, 0.15) is 5.82 Å². The van der Waals surface area contributed by atoms with Gasteiger partial charge in [-0.1, -0.05) is 0 Å². The minimum atomic E-state index is -0.273. The van der Waals surface area contributed by atoms with Crippen molar-refractivity contribution in [3.8, 4) is 5.88 Å². The summed E-state index contributed by atoms with van der Waals surface area (Å²) >= 11 is 0. The van der Waals surface area contributed by atoms with Crippen molar-refractivity contribution in [3.63, 3.8) is 0 Å². The lowest BCUT2D eigenvalue weighted by molar-refractivity contribution is 0.394. The molecule has 0 amide bonds. The Labute approximate surface area is 119 Å². The predicted octanol–water partition coefficient (Wildman–Crippen LogP) is 0.729. The van der Waals surface area contributed by atoms with Gasteiger partial charge >= 0.3 is 0 Å². The van der Waals surface area contributed by atoms with Crippen LogP contribution in [0.25, 0.3) is 11.0 Å². The summed E-state index contributed by atoms with van der Waals surface area (Å²) in [5.41, 5.74) is 1.27. The molecule has 8 heteroatoms. The van der Waals surface area contributed by atoms with Gasteiger partial charge in [0.25, 0.3) is 5.56 Å². The van der Waals surface area contributed by atoms with E-state index in [1.807, 2.05) is 0 Å². The molecule has 0 saturated heterocycles. The van der Waals surface area contributed by atoms with Gasteiger partial charge in [0.15, 0.2) is 5.52 Å². The van der Waals surface area contributed by atoms with E-state index in [-0.39, 0.29) is 5.56 Å². The second kappa shape index (κ2) is 5.53. The van der Waals surface area contributed by atoms with Gasteiger partial charge in [-0.25, -0.2) is 15.0 Å². The summed E-state index contributed by atoms with van der Waals surface area (Å²) in [5, 5.41) is 3.08. The van der Waals surface area contributed by atoms with Crippen LogP contribution in [0.15, 0.2) is 35.6 Å². The first-order valence-electron chi connectivity index (χ1n) is 6.19. The van der Waals surface area contributed by atoms with Gasteiger partial charge in [-0.05, 0) is 12.1 Å². The molecule has 0 radical (unpaired) electrons. The first-order valence-corrected chi connectivity index (χ1v) is 6.19. The lowest BCUT2D eigenvalue weighted by Gasteiger charge is -2.06.